The molecule has 0 bridgehead atoms. The largest absolute Gasteiger partial charge is 0.438 e. The maximum atomic E-state index is 13.4. The number of carbonyl (C=O) groups is 1. The van der Waals surface area contributed by atoms with Crippen molar-refractivity contribution in [3.05, 3.63) is 76.2 Å². The molecule has 3 aromatic rings. The van der Waals surface area contributed by atoms with Crippen molar-refractivity contribution < 1.29 is 18.0 Å². The first-order valence-electron chi connectivity index (χ1n) is 10.9. The number of hydrogen-bond donors (Lipinski definition) is 1. The van der Waals surface area contributed by atoms with Crippen molar-refractivity contribution in [3.8, 4) is 0 Å². The molecule has 0 radical (unpaired) electrons. The van der Waals surface area contributed by atoms with Crippen LogP contribution in [0.5, 0.6) is 0 Å². The molecule has 1 saturated heterocycles. The van der Waals surface area contributed by atoms with E-state index in [2.05, 4.69) is 27.3 Å². The molecule has 1 atom stereocenters. The summed E-state index contributed by atoms with van der Waals surface area (Å²) in [6.07, 6.45) is -3.46. The molecule has 0 unspecified atom stereocenters. The Balaban J connectivity index is 1.48. The van der Waals surface area contributed by atoms with Crippen LogP contribution in [0.25, 0.3) is 11.0 Å². The minimum Gasteiger partial charge on any atom is -0.351 e. The van der Waals surface area contributed by atoms with Crippen LogP contribution in [0.4, 0.5) is 13.2 Å². The van der Waals surface area contributed by atoms with Crippen molar-refractivity contribution in [2.75, 3.05) is 13.1 Å². The van der Waals surface area contributed by atoms with E-state index in [9.17, 15) is 22.8 Å². The number of amides is 1. The smallest absolute Gasteiger partial charge is 0.351 e. The Hall–Kier alpha value is -3.20. The Kier molecular flexibility index (Phi) is 6.51. The van der Waals surface area contributed by atoms with E-state index in [0.29, 0.717) is 0 Å². The summed E-state index contributed by atoms with van der Waals surface area (Å²) >= 11 is 0. The molecule has 33 heavy (non-hydrogen) atoms. The lowest BCUT2D eigenvalue weighted by Crippen LogP contribution is -2.47. The number of alkyl halides is 3. The van der Waals surface area contributed by atoms with Crippen molar-refractivity contribution in [1.29, 1.82) is 0 Å². The van der Waals surface area contributed by atoms with Crippen molar-refractivity contribution in [1.82, 2.24) is 19.8 Å². The SMILES string of the molecule is C[C@H](C(=O)NC1CCN(Cc2ccccc2)CC1)n1c(=O)c(C(F)(F)F)nc2ccccc21. The third-order valence-corrected chi connectivity index (χ3v) is 6.01. The van der Waals surface area contributed by atoms with E-state index in [0.717, 1.165) is 37.0 Å². The number of halogens is 3. The number of carbonyl (C=O) groups excluding carboxylic acids is 1. The average molecular weight is 458 g/mol. The third-order valence-electron chi connectivity index (χ3n) is 6.01. The van der Waals surface area contributed by atoms with E-state index in [4.69, 9.17) is 0 Å². The van der Waals surface area contributed by atoms with Crippen LogP contribution in [0.1, 0.15) is 37.1 Å². The first kappa shape index (κ1) is 23.0. The fourth-order valence-corrected chi connectivity index (χ4v) is 4.24. The average Bonchev–Trinajstić information content (AvgIpc) is 2.79. The highest BCUT2D eigenvalue weighted by Gasteiger charge is 2.38. The van der Waals surface area contributed by atoms with E-state index in [1.807, 2.05) is 18.2 Å². The number of nitrogens with zero attached hydrogens (tertiary/aromatic N) is 3. The zero-order valence-electron chi connectivity index (χ0n) is 18.2. The molecule has 9 heteroatoms. The molecule has 174 valence electrons. The molecular weight excluding hydrogens is 433 g/mol. The summed E-state index contributed by atoms with van der Waals surface area (Å²) in [5.41, 5.74) is -1.41. The quantitative estimate of drug-likeness (QED) is 0.632. The van der Waals surface area contributed by atoms with Gasteiger partial charge in [0.15, 0.2) is 0 Å². The molecule has 1 N–H and O–H groups in total. The molecule has 2 aromatic carbocycles. The lowest BCUT2D eigenvalue weighted by atomic mass is 10.0. The Bertz CT molecular complexity index is 1190. The van der Waals surface area contributed by atoms with Crippen molar-refractivity contribution in [2.45, 2.75) is 44.6 Å². The molecule has 0 spiro atoms. The number of likely N-dealkylation sites (tertiary alicyclic amines) is 1. The van der Waals surface area contributed by atoms with Gasteiger partial charge >= 0.3 is 6.18 Å². The lowest BCUT2D eigenvalue weighted by Gasteiger charge is -2.33. The van der Waals surface area contributed by atoms with Gasteiger partial charge in [-0.2, -0.15) is 13.2 Å². The number of para-hydroxylation sites is 2. The van der Waals surface area contributed by atoms with Crippen molar-refractivity contribution >= 4 is 16.9 Å². The van der Waals surface area contributed by atoms with Gasteiger partial charge in [0.2, 0.25) is 11.6 Å². The number of rotatable bonds is 5. The number of fused-ring (bicyclic) bond motifs is 1. The van der Waals surface area contributed by atoms with Crippen LogP contribution in [0.15, 0.2) is 59.4 Å². The van der Waals surface area contributed by atoms with Gasteiger partial charge in [-0.1, -0.05) is 42.5 Å². The Morgan fingerprint density at radius 3 is 2.39 bits per heavy atom. The molecule has 1 aliphatic heterocycles. The van der Waals surface area contributed by atoms with Crippen LogP contribution in [0.3, 0.4) is 0 Å². The van der Waals surface area contributed by atoms with Crippen LogP contribution in [-0.2, 0) is 17.5 Å². The van der Waals surface area contributed by atoms with E-state index < -0.39 is 29.4 Å². The van der Waals surface area contributed by atoms with Gasteiger partial charge in [-0.25, -0.2) is 4.98 Å². The van der Waals surface area contributed by atoms with Gasteiger partial charge in [-0.3, -0.25) is 19.1 Å². The normalized spacial score (nSPS) is 16.6. The van der Waals surface area contributed by atoms with E-state index >= 15 is 0 Å². The van der Waals surface area contributed by atoms with E-state index in [1.54, 1.807) is 6.07 Å². The highest BCUT2D eigenvalue weighted by atomic mass is 19.4. The summed E-state index contributed by atoms with van der Waals surface area (Å²) in [5, 5.41) is 2.92. The Labute approximate surface area is 189 Å². The van der Waals surface area contributed by atoms with Gasteiger partial charge in [-0.15, -0.1) is 0 Å². The number of piperidine rings is 1. The maximum absolute atomic E-state index is 13.4. The fraction of sp³-hybridized carbons (Fsp3) is 0.375. The van der Waals surface area contributed by atoms with Crippen LogP contribution in [-0.4, -0.2) is 39.5 Å². The number of nitrogens with one attached hydrogen (secondary N) is 1. The molecular formula is C24H25F3N4O2. The van der Waals surface area contributed by atoms with E-state index in [-0.39, 0.29) is 17.1 Å². The summed E-state index contributed by atoms with van der Waals surface area (Å²) in [4.78, 5) is 31.4. The topological polar surface area (TPSA) is 67.2 Å². The summed E-state index contributed by atoms with van der Waals surface area (Å²) < 4.78 is 41.1. The molecule has 1 aromatic heterocycles. The summed E-state index contributed by atoms with van der Waals surface area (Å²) in [5.74, 6) is -0.483. The van der Waals surface area contributed by atoms with Crippen LogP contribution < -0.4 is 10.9 Å². The number of aromatic nitrogens is 2. The van der Waals surface area contributed by atoms with Crippen molar-refractivity contribution in [3.63, 3.8) is 0 Å². The zero-order chi connectivity index (χ0) is 23.6. The summed E-state index contributed by atoms with van der Waals surface area (Å²) in [6.45, 7) is 3.86. The molecule has 0 saturated carbocycles. The molecule has 2 heterocycles. The second-order valence-electron chi connectivity index (χ2n) is 8.34. The number of benzene rings is 2. The summed E-state index contributed by atoms with van der Waals surface area (Å²) in [6, 6.07) is 14.9. The van der Waals surface area contributed by atoms with Gasteiger partial charge in [0.05, 0.1) is 11.0 Å². The van der Waals surface area contributed by atoms with Gasteiger partial charge in [0.25, 0.3) is 5.56 Å². The van der Waals surface area contributed by atoms with Gasteiger partial charge in [0.1, 0.15) is 6.04 Å². The monoisotopic (exact) mass is 458 g/mol. The highest BCUT2D eigenvalue weighted by molar-refractivity contribution is 5.83. The predicted octanol–water partition coefficient (Wildman–Crippen LogP) is 3.76. The minimum atomic E-state index is -4.91. The predicted molar refractivity (Wildman–Crippen MR) is 119 cm³/mol. The number of hydrogen-bond acceptors (Lipinski definition) is 4. The highest BCUT2D eigenvalue weighted by Crippen LogP contribution is 2.27. The minimum absolute atomic E-state index is 0.0123. The Morgan fingerprint density at radius 2 is 1.73 bits per heavy atom. The van der Waals surface area contributed by atoms with Gasteiger partial charge in [-0.05, 0) is 37.5 Å². The third kappa shape index (κ3) is 5.08. The second kappa shape index (κ2) is 9.35. The fourth-order valence-electron chi connectivity index (χ4n) is 4.24. The van der Waals surface area contributed by atoms with Crippen LogP contribution in [0, 0.1) is 0 Å². The maximum Gasteiger partial charge on any atom is 0.438 e. The molecule has 6 nitrogen and oxygen atoms in total. The molecule has 0 aliphatic carbocycles. The summed E-state index contributed by atoms with van der Waals surface area (Å²) in [7, 11) is 0. The lowest BCUT2D eigenvalue weighted by molar-refractivity contribution is -0.142. The zero-order valence-corrected chi connectivity index (χ0v) is 18.2. The van der Waals surface area contributed by atoms with Crippen LogP contribution >= 0.6 is 0 Å². The first-order chi connectivity index (χ1) is 15.7. The van der Waals surface area contributed by atoms with E-state index in [1.165, 1.54) is 30.7 Å². The molecule has 4 rings (SSSR count). The molecule has 1 amide bonds. The first-order valence-corrected chi connectivity index (χ1v) is 10.9. The molecule has 1 aliphatic rings. The Morgan fingerprint density at radius 1 is 1.09 bits per heavy atom. The van der Waals surface area contributed by atoms with Gasteiger partial charge in [0, 0.05) is 25.7 Å². The molecule has 1 fully saturated rings. The van der Waals surface area contributed by atoms with Gasteiger partial charge < -0.3 is 5.32 Å². The second-order valence-corrected chi connectivity index (χ2v) is 8.34. The standard InChI is InChI=1S/C24H25F3N4O2/c1-16(31-20-10-6-5-9-19(20)29-21(23(31)33)24(25,26)27)22(32)28-18-11-13-30(14-12-18)15-17-7-3-2-4-8-17/h2-10,16,18H,11-15H2,1H3,(H,28,32)/t16-/m1/s1. The van der Waals surface area contributed by atoms with Crippen LogP contribution in [0.2, 0.25) is 0 Å². The van der Waals surface area contributed by atoms with Crippen molar-refractivity contribution in [2.24, 2.45) is 0 Å².